The van der Waals surface area contributed by atoms with Gasteiger partial charge in [0.15, 0.2) is 0 Å². The summed E-state index contributed by atoms with van der Waals surface area (Å²) in [5.74, 6) is 0. The summed E-state index contributed by atoms with van der Waals surface area (Å²) in [5, 5.41) is 3.82. The predicted molar refractivity (Wildman–Crippen MR) is 76.6 cm³/mol. The fourth-order valence-corrected chi connectivity index (χ4v) is 1.66. The molecule has 2 aromatic carbocycles. The van der Waals surface area contributed by atoms with Gasteiger partial charge in [-0.1, -0.05) is 63.0 Å². The van der Waals surface area contributed by atoms with E-state index in [1.807, 2.05) is 36.4 Å². The Hall–Kier alpha value is -1.61. The van der Waals surface area contributed by atoms with Gasteiger partial charge in [0.2, 0.25) is 0 Å². The van der Waals surface area contributed by atoms with Gasteiger partial charge in [0, 0.05) is 10.0 Å². The Morgan fingerprint density at radius 1 is 1.06 bits per heavy atom. The largest absolute Gasteiger partial charge is 0.390 e. The van der Waals surface area contributed by atoms with Crippen molar-refractivity contribution in [2.24, 2.45) is 5.16 Å². The van der Waals surface area contributed by atoms with Crippen molar-refractivity contribution in [3.05, 3.63) is 69.7 Å². The molecule has 2 aromatic rings. The Labute approximate surface area is 115 Å². The molecule has 0 atom stereocenters. The molecule has 0 aromatic heterocycles. The fourth-order valence-electron chi connectivity index (χ4n) is 1.40. The van der Waals surface area contributed by atoms with E-state index in [2.05, 4.69) is 46.4 Å². The Kier molecular flexibility index (Phi) is 4.53. The smallest absolute Gasteiger partial charge is 0.142 e. The average Bonchev–Trinajstić information content (AvgIpc) is 2.39. The summed E-state index contributed by atoms with van der Waals surface area (Å²) in [5.41, 5.74) is 3.23. The highest BCUT2D eigenvalue weighted by atomic mass is 79.9. The number of halogens is 1. The summed E-state index contributed by atoms with van der Waals surface area (Å²) >= 11 is 3.37. The van der Waals surface area contributed by atoms with Crippen molar-refractivity contribution in [2.75, 3.05) is 0 Å². The maximum Gasteiger partial charge on any atom is 0.142 e. The Morgan fingerprint density at radius 3 is 2.39 bits per heavy atom. The topological polar surface area (TPSA) is 21.6 Å². The number of aryl methyl sites for hydroxylation is 1. The van der Waals surface area contributed by atoms with Gasteiger partial charge in [-0.05, 0) is 24.6 Å². The highest BCUT2D eigenvalue weighted by molar-refractivity contribution is 9.10. The summed E-state index contributed by atoms with van der Waals surface area (Å²) in [4.78, 5) is 5.20. The van der Waals surface area contributed by atoms with E-state index in [4.69, 9.17) is 4.84 Å². The van der Waals surface area contributed by atoms with Crippen molar-refractivity contribution in [1.29, 1.82) is 0 Å². The predicted octanol–water partition coefficient (Wildman–Crippen LogP) is 4.19. The van der Waals surface area contributed by atoms with E-state index in [9.17, 15) is 0 Å². The molecule has 0 saturated carbocycles. The molecule has 3 heteroatoms. The first-order valence-electron chi connectivity index (χ1n) is 5.63. The Bertz CT molecular complexity index is 517. The molecule has 0 spiro atoms. The zero-order valence-corrected chi connectivity index (χ0v) is 11.6. The van der Waals surface area contributed by atoms with Gasteiger partial charge in [0.1, 0.15) is 12.8 Å². The number of benzene rings is 2. The fraction of sp³-hybridized carbons (Fsp3) is 0.133. The van der Waals surface area contributed by atoms with Crippen LogP contribution in [0.3, 0.4) is 0 Å². The van der Waals surface area contributed by atoms with E-state index in [1.165, 1.54) is 5.56 Å². The first-order chi connectivity index (χ1) is 8.74. The van der Waals surface area contributed by atoms with Crippen LogP contribution in [0, 0.1) is 6.92 Å². The van der Waals surface area contributed by atoms with Crippen LogP contribution in [0.2, 0.25) is 0 Å². The number of hydrogen-bond donors (Lipinski definition) is 0. The minimum absolute atomic E-state index is 0.462. The van der Waals surface area contributed by atoms with Crippen molar-refractivity contribution >= 4 is 22.1 Å². The normalized spacial score (nSPS) is 10.8. The Morgan fingerprint density at radius 2 is 1.72 bits per heavy atom. The van der Waals surface area contributed by atoms with Crippen LogP contribution in [0.1, 0.15) is 16.7 Å². The first kappa shape index (κ1) is 12.8. The van der Waals surface area contributed by atoms with E-state index in [0.29, 0.717) is 6.61 Å². The molecular weight excluding hydrogens is 290 g/mol. The third kappa shape index (κ3) is 4.00. The third-order valence-corrected chi connectivity index (χ3v) is 2.96. The summed E-state index contributed by atoms with van der Waals surface area (Å²) in [6.45, 7) is 2.52. The minimum Gasteiger partial charge on any atom is -0.390 e. The van der Waals surface area contributed by atoms with Crippen LogP contribution in [0.25, 0.3) is 0 Å². The molecular formula is C15H13BrNO. The highest BCUT2D eigenvalue weighted by Crippen LogP contribution is 2.09. The van der Waals surface area contributed by atoms with Crippen molar-refractivity contribution < 1.29 is 4.84 Å². The molecule has 0 N–H and O–H groups in total. The van der Waals surface area contributed by atoms with Crippen LogP contribution in [0.5, 0.6) is 0 Å². The molecule has 2 nitrogen and oxygen atoms in total. The van der Waals surface area contributed by atoms with E-state index in [-0.39, 0.29) is 0 Å². The average molecular weight is 303 g/mol. The third-order valence-electron chi connectivity index (χ3n) is 2.44. The molecule has 18 heavy (non-hydrogen) atoms. The number of rotatable bonds is 4. The molecule has 0 aliphatic rings. The maximum atomic E-state index is 5.20. The van der Waals surface area contributed by atoms with Crippen molar-refractivity contribution in [3.63, 3.8) is 0 Å². The molecule has 2 rings (SSSR count). The second-order valence-electron chi connectivity index (χ2n) is 3.97. The minimum atomic E-state index is 0.462. The lowest BCUT2D eigenvalue weighted by Crippen LogP contribution is -1.88. The van der Waals surface area contributed by atoms with Gasteiger partial charge in [0.05, 0.1) is 0 Å². The van der Waals surface area contributed by atoms with Gasteiger partial charge in [-0.25, -0.2) is 0 Å². The molecule has 1 radical (unpaired) electrons. The standard InChI is InChI=1S/C15H13BrNO/c1-12-2-4-14(5-3-12)11-18-17-10-13-6-8-15(16)9-7-13/h2-9H,11H2,1H3. The molecule has 0 saturated heterocycles. The van der Waals surface area contributed by atoms with Gasteiger partial charge in [-0.3, -0.25) is 0 Å². The number of nitrogens with zero attached hydrogens (tertiary/aromatic N) is 1. The molecule has 0 fully saturated rings. The van der Waals surface area contributed by atoms with Crippen molar-refractivity contribution in [3.8, 4) is 0 Å². The van der Waals surface area contributed by atoms with Crippen molar-refractivity contribution in [1.82, 2.24) is 0 Å². The van der Waals surface area contributed by atoms with Crippen LogP contribution in [0.15, 0.2) is 58.2 Å². The second kappa shape index (κ2) is 6.36. The van der Waals surface area contributed by atoms with Crippen LogP contribution in [-0.2, 0) is 11.4 Å². The molecule has 0 unspecified atom stereocenters. The summed E-state index contributed by atoms with van der Waals surface area (Å²) in [7, 11) is 0. The van der Waals surface area contributed by atoms with Gasteiger partial charge in [0.25, 0.3) is 0 Å². The van der Waals surface area contributed by atoms with E-state index >= 15 is 0 Å². The zero-order chi connectivity index (χ0) is 12.8. The maximum absolute atomic E-state index is 5.20. The van der Waals surface area contributed by atoms with Crippen molar-refractivity contribution in [2.45, 2.75) is 13.5 Å². The molecule has 0 heterocycles. The summed E-state index contributed by atoms with van der Waals surface area (Å²) in [6.07, 6.45) is 2.84. The quantitative estimate of drug-likeness (QED) is 0.613. The zero-order valence-electron chi connectivity index (χ0n) is 10.1. The molecule has 0 amide bonds. The second-order valence-corrected chi connectivity index (χ2v) is 4.88. The van der Waals surface area contributed by atoms with E-state index < -0.39 is 0 Å². The van der Waals surface area contributed by atoms with E-state index in [1.54, 1.807) is 0 Å². The molecule has 0 aliphatic carbocycles. The molecule has 0 bridgehead atoms. The van der Waals surface area contributed by atoms with Crippen LogP contribution < -0.4 is 0 Å². The SMILES string of the molecule is Cc1ccc(CO/N=[C]\c2ccc(Br)cc2)cc1. The van der Waals surface area contributed by atoms with Crippen LogP contribution >= 0.6 is 15.9 Å². The highest BCUT2D eigenvalue weighted by Gasteiger charge is 1.92. The van der Waals surface area contributed by atoms with Gasteiger partial charge >= 0.3 is 0 Å². The first-order valence-corrected chi connectivity index (χ1v) is 6.42. The summed E-state index contributed by atoms with van der Waals surface area (Å²) in [6, 6.07) is 15.9. The van der Waals surface area contributed by atoms with Gasteiger partial charge in [-0.15, -0.1) is 0 Å². The lowest BCUT2D eigenvalue weighted by atomic mass is 10.2. The lowest BCUT2D eigenvalue weighted by molar-refractivity contribution is 0.132. The van der Waals surface area contributed by atoms with Gasteiger partial charge in [-0.2, -0.15) is 0 Å². The molecule has 0 aliphatic heterocycles. The monoisotopic (exact) mass is 302 g/mol. The van der Waals surface area contributed by atoms with Crippen LogP contribution in [-0.4, -0.2) is 6.21 Å². The summed E-state index contributed by atoms with van der Waals surface area (Å²) < 4.78 is 1.04. The Balaban J connectivity index is 1.84. The van der Waals surface area contributed by atoms with E-state index in [0.717, 1.165) is 15.6 Å². The van der Waals surface area contributed by atoms with Crippen LogP contribution in [0.4, 0.5) is 0 Å². The van der Waals surface area contributed by atoms with Gasteiger partial charge < -0.3 is 4.84 Å². The number of hydrogen-bond acceptors (Lipinski definition) is 2. The molecule has 91 valence electrons. The lowest BCUT2D eigenvalue weighted by Gasteiger charge is -2.00.